The smallest absolute Gasteiger partial charge is 0.124 e. The zero-order chi connectivity index (χ0) is 22.7. The number of rotatable bonds is 7. The summed E-state index contributed by atoms with van der Waals surface area (Å²) in [6.45, 7) is -0.477. The Morgan fingerprint density at radius 2 is 1.75 bits per heavy atom. The SMILES string of the molecule is COc1ccc(C(Cc2ccccc2)c2cccs2)cc1[C@@H]1O[C@H](CO)[C@@H](O)[C@H](O)[C@H]1O. The van der Waals surface area contributed by atoms with Crippen molar-refractivity contribution in [2.24, 2.45) is 0 Å². The van der Waals surface area contributed by atoms with E-state index in [9.17, 15) is 20.4 Å². The first-order chi connectivity index (χ1) is 15.5. The second kappa shape index (κ2) is 10.1. The largest absolute Gasteiger partial charge is 0.496 e. The van der Waals surface area contributed by atoms with Gasteiger partial charge in [0.2, 0.25) is 0 Å². The lowest BCUT2D eigenvalue weighted by atomic mass is 9.86. The lowest BCUT2D eigenvalue weighted by molar-refractivity contribution is -0.232. The predicted molar refractivity (Wildman–Crippen MR) is 122 cm³/mol. The van der Waals surface area contributed by atoms with Crippen molar-refractivity contribution >= 4 is 11.3 Å². The maximum atomic E-state index is 10.7. The molecule has 2 aromatic carbocycles. The molecule has 6 nitrogen and oxygen atoms in total. The molecule has 1 aliphatic heterocycles. The molecule has 0 radical (unpaired) electrons. The van der Waals surface area contributed by atoms with Gasteiger partial charge in [-0.05, 0) is 41.1 Å². The van der Waals surface area contributed by atoms with E-state index in [1.807, 2.05) is 42.5 Å². The third-order valence-electron chi connectivity index (χ3n) is 6.02. The molecular formula is C25H28O6S. The van der Waals surface area contributed by atoms with Gasteiger partial charge in [0.05, 0.1) is 13.7 Å². The van der Waals surface area contributed by atoms with Crippen LogP contribution in [-0.4, -0.2) is 58.6 Å². The van der Waals surface area contributed by atoms with Gasteiger partial charge in [-0.3, -0.25) is 0 Å². The Kier molecular flexibility index (Phi) is 7.25. The molecule has 0 spiro atoms. The lowest BCUT2D eigenvalue weighted by Crippen LogP contribution is -2.55. The van der Waals surface area contributed by atoms with E-state index in [1.165, 1.54) is 17.6 Å². The number of ether oxygens (including phenoxy) is 2. The van der Waals surface area contributed by atoms with E-state index < -0.39 is 37.1 Å². The maximum absolute atomic E-state index is 10.7. The number of hydrogen-bond donors (Lipinski definition) is 4. The van der Waals surface area contributed by atoms with Gasteiger partial charge in [0, 0.05) is 16.4 Å². The Hall–Kier alpha value is -2.26. The zero-order valence-electron chi connectivity index (χ0n) is 17.7. The Balaban J connectivity index is 1.74. The van der Waals surface area contributed by atoms with Crippen molar-refractivity contribution in [1.82, 2.24) is 0 Å². The molecule has 2 heterocycles. The Morgan fingerprint density at radius 3 is 2.41 bits per heavy atom. The maximum Gasteiger partial charge on any atom is 0.124 e. The molecule has 4 rings (SSSR count). The first kappa shape index (κ1) is 22.9. The number of methoxy groups -OCH3 is 1. The van der Waals surface area contributed by atoms with Crippen LogP contribution in [0, 0.1) is 0 Å². The quantitative estimate of drug-likeness (QED) is 0.436. The fraction of sp³-hybridized carbons (Fsp3) is 0.360. The topological polar surface area (TPSA) is 99.4 Å². The number of aliphatic hydroxyl groups is 4. The monoisotopic (exact) mass is 456 g/mol. The van der Waals surface area contributed by atoms with Crippen LogP contribution in [0.2, 0.25) is 0 Å². The van der Waals surface area contributed by atoms with Crippen molar-refractivity contribution in [2.75, 3.05) is 13.7 Å². The lowest BCUT2D eigenvalue weighted by Gasteiger charge is -2.40. The predicted octanol–water partition coefficient (Wildman–Crippen LogP) is 2.65. The van der Waals surface area contributed by atoms with Crippen molar-refractivity contribution < 1.29 is 29.9 Å². The summed E-state index contributed by atoms with van der Waals surface area (Å²) >= 11 is 1.68. The van der Waals surface area contributed by atoms with E-state index in [-0.39, 0.29) is 5.92 Å². The van der Waals surface area contributed by atoms with Crippen LogP contribution in [0.15, 0.2) is 66.0 Å². The number of hydrogen-bond acceptors (Lipinski definition) is 7. The van der Waals surface area contributed by atoms with Crippen LogP contribution in [0.25, 0.3) is 0 Å². The Labute approximate surface area is 191 Å². The summed E-state index contributed by atoms with van der Waals surface area (Å²) in [5.74, 6) is 0.578. The van der Waals surface area contributed by atoms with Gasteiger partial charge < -0.3 is 29.9 Å². The number of aliphatic hydroxyl groups excluding tert-OH is 4. The molecule has 170 valence electrons. The molecule has 0 saturated carbocycles. The summed E-state index contributed by atoms with van der Waals surface area (Å²) in [5.41, 5.74) is 2.79. The summed E-state index contributed by atoms with van der Waals surface area (Å²) in [6.07, 6.45) is -5.37. The van der Waals surface area contributed by atoms with Crippen LogP contribution < -0.4 is 4.74 Å². The molecule has 0 aliphatic carbocycles. The molecule has 4 N–H and O–H groups in total. The molecule has 6 atom stereocenters. The van der Waals surface area contributed by atoms with Crippen LogP contribution in [0.4, 0.5) is 0 Å². The fourth-order valence-electron chi connectivity index (χ4n) is 4.27. The molecule has 1 fully saturated rings. The second-order valence-electron chi connectivity index (χ2n) is 8.01. The van der Waals surface area contributed by atoms with Gasteiger partial charge in [-0.25, -0.2) is 0 Å². The highest BCUT2D eigenvalue weighted by atomic mass is 32.1. The van der Waals surface area contributed by atoms with E-state index in [0.717, 1.165) is 12.0 Å². The first-order valence-electron chi connectivity index (χ1n) is 10.6. The highest BCUT2D eigenvalue weighted by molar-refractivity contribution is 7.10. The molecule has 7 heteroatoms. The molecule has 1 saturated heterocycles. The van der Waals surface area contributed by atoms with Gasteiger partial charge in [0.15, 0.2) is 0 Å². The van der Waals surface area contributed by atoms with E-state index in [1.54, 1.807) is 11.3 Å². The average molecular weight is 457 g/mol. The van der Waals surface area contributed by atoms with E-state index in [0.29, 0.717) is 11.3 Å². The molecule has 1 unspecified atom stereocenters. The highest BCUT2D eigenvalue weighted by Gasteiger charge is 2.45. The van der Waals surface area contributed by atoms with E-state index >= 15 is 0 Å². The van der Waals surface area contributed by atoms with Crippen molar-refractivity contribution in [3.63, 3.8) is 0 Å². The summed E-state index contributed by atoms with van der Waals surface area (Å²) < 4.78 is 11.3. The molecule has 3 aromatic rings. The minimum Gasteiger partial charge on any atom is -0.496 e. The van der Waals surface area contributed by atoms with Crippen LogP contribution >= 0.6 is 11.3 Å². The van der Waals surface area contributed by atoms with Crippen molar-refractivity contribution in [2.45, 2.75) is 42.9 Å². The normalized spacial score (nSPS) is 26.6. The van der Waals surface area contributed by atoms with Crippen molar-refractivity contribution in [3.8, 4) is 5.75 Å². The Bertz CT molecular complexity index is 991. The highest BCUT2D eigenvalue weighted by Crippen LogP contribution is 2.40. The molecule has 0 bridgehead atoms. The van der Waals surface area contributed by atoms with Gasteiger partial charge >= 0.3 is 0 Å². The minimum atomic E-state index is -1.45. The van der Waals surface area contributed by atoms with Gasteiger partial charge in [-0.2, -0.15) is 0 Å². The number of benzene rings is 2. The molecule has 0 amide bonds. The third-order valence-corrected chi connectivity index (χ3v) is 7.01. The molecule has 1 aliphatic rings. The molecule has 1 aromatic heterocycles. The third kappa shape index (κ3) is 4.59. The van der Waals surface area contributed by atoms with E-state index in [4.69, 9.17) is 9.47 Å². The first-order valence-corrected chi connectivity index (χ1v) is 11.5. The van der Waals surface area contributed by atoms with Crippen molar-refractivity contribution in [3.05, 3.63) is 87.6 Å². The summed E-state index contributed by atoms with van der Waals surface area (Å²) in [4.78, 5) is 1.21. The second-order valence-corrected chi connectivity index (χ2v) is 8.99. The van der Waals surface area contributed by atoms with Gasteiger partial charge in [-0.15, -0.1) is 11.3 Å². The van der Waals surface area contributed by atoms with Crippen LogP contribution in [-0.2, 0) is 11.2 Å². The average Bonchev–Trinajstić information content (AvgIpc) is 3.36. The van der Waals surface area contributed by atoms with Gasteiger partial charge in [0.25, 0.3) is 0 Å². The van der Waals surface area contributed by atoms with Crippen molar-refractivity contribution in [1.29, 1.82) is 0 Å². The minimum absolute atomic E-state index is 0.0759. The van der Waals surface area contributed by atoms with Crippen LogP contribution in [0.5, 0.6) is 5.75 Å². The van der Waals surface area contributed by atoms with E-state index in [2.05, 4.69) is 23.6 Å². The standard InChI is InChI=1S/C25H28O6S/c1-30-19-10-9-16(13-18(19)25-24(29)23(28)22(27)20(14-26)31-25)17(21-8-5-11-32-21)12-15-6-3-2-4-7-15/h2-11,13,17,20,22-29H,12,14H2,1H3/t17?,20-,22-,23+,24-,25+/m1/s1. The molecule has 32 heavy (non-hydrogen) atoms. The summed E-state index contributed by atoms with van der Waals surface area (Å²) in [6, 6.07) is 20.1. The fourth-order valence-corrected chi connectivity index (χ4v) is 5.13. The Morgan fingerprint density at radius 1 is 0.969 bits per heavy atom. The van der Waals surface area contributed by atoms with Gasteiger partial charge in [-0.1, -0.05) is 42.5 Å². The van der Waals surface area contributed by atoms with Crippen LogP contribution in [0.3, 0.4) is 0 Å². The summed E-state index contributed by atoms with van der Waals surface area (Å²) in [7, 11) is 1.53. The van der Waals surface area contributed by atoms with Gasteiger partial charge in [0.1, 0.15) is 36.3 Å². The number of thiophene rings is 1. The zero-order valence-corrected chi connectivity index (χ0v) is 18.6. The van der Waals surface area contributed by atoms with Crippen LogP contribution in [0.1, 0.15) is 33.6 Å². The molecular weight excluding hydrogens is 428 g/mol. The summed E-state index contributed by atoms with van der Waals surface area (Å²) in [5, 5.41) is 42.7.